The van der Waals surface area contributed by atoms with Crippen molar-refractivity contribution in [1.29, 1.82) is 0 Å². The van der Waals surface area contributed by atoms with Crippen LogP contribution in [0.5, 0.6) is 0 Å². The number of halogens is 2. The number of nitrogens with one attached hydrogen (secondary N) is 1. The Labute approximate surface area is 175 Å². The average molecular weight is 416 g/mol. The highest BCUT2D eigenvalue weighted by atomic mass is 35.5. The van der Waals surface area contributed by atoms with Crippen molar-refractivity contribution in [1.82, 2.24) is 0 Å². The van der Waals surface area contributed by atoms with E-state index in [0.29, 0.717) is 0 Å². The van der Waals surface area contributed by atoms with Crippen molar-refractivity contribution in [2.45, 2.75) is 27.7 Å². The Morgan fingerprint density at radius 1 is 1.04 bits per heavy atom. The van der Waals surface area contributed by atoms with Crippen LogP contribution in [-0.2, 0) is 4.79 Å². The maximum absolute atomic E-state index is 12.7. The molecule has 6 heteroatoms. The minimum absolute atomic E-state index is 0.0329. The molecule has 2 aromatic rings. The Hall–Kier alpha value is -2.17. The average Bonchev–Trinajstić information content (AvgIpc) is 3.15. The van der Waals surface area contributed by atoms with Crippen LogP contribution in [0, 0.1) is 31.1 Å². The van der Waals surface area contributed by atoms with E-state index in [-0.39, 0.29) is 27.6 Å². The van der Waals surface area contributed by atoms with E-state index in [9.17, 15) is 4.79 Å². The first-order chi connectivity index (χ1) is 13.2. The number of azo groups is 1. The van der Waals surface area contributed by atoms with Crippen molar-refractivity contribution >= 4 is 46.2 Å². The fraction of sp³-hybridized carbons (Fsp3) is 0.318. The van der Waals surface area contributed by atoms with Crippen molar-refractivity contribution in [3.05, 3.63) is 64.2 Å². The van der Waals surface area contributed by atoms with Crippen molar-refractivity contribution in [3.63, 3.8) is 0 Å². The molecule has 0 spiro atoms. The number of rotatable bonds is 5. The normalized spacial score (nSPS) is 20.1. The lowest BCUT2D eigenvalue weighted by Gasteiger charge is -2.08. The number of carbonyl (C=O) groups is 1. The number of nitrogens with zero attached hydrogens (tertiary/aromatic N) is 2. The van der Waals surface area contributed by atoms with Crippen LogP contribution in [0.3, 0.4) is 0 Å². The van der Waals surface area contributed by atoms with Gasteiger partial charge in [-0.1, -0.05) is 55.2 Å². The molecular weight excluding hydrogens is 393 g/mol. The molecule has 1 saturated carbocycles. The largest absolute Gasteiger partial charge is 0.326 e. The van der Waals surface area contributed by atoms with Crippen LogP contribution < -0.4 is 5.32 Å². The van der Waals surface area contributed by atoms with Gasteiger partial charge in [-0.2, -0.15) is 10.2 Å². The van der Waals surface area contributed by atoms with Gasteiger partial charge in [0.25, 0.3) is 0 Å². The number of aryl methyl sites for hydroxylation is 2. The van der Waals surface area contributed by atoms with Crippen molar-refractivity contribution < 1.29 is 4.79 Å². The molecule has 0 heterocycles. The summed E-state index contributed by atoms with van der Waals surface area (Å²) in [6.07, 6.45) is 1.74. The molecule has 0 aliphatic heterocycles. The van der Waals surface area contributed by atoms with Gasteiger partial charge in [0.1, 0.15) is 4.49 Å². The Balaban J connectivity index is 1.70. The van der Waals surface area contributed by atoms with Crippen LogP contribution in [0.1, 0.15) is 25.0 Å². The molecule has 1 N–H and O–H groups in total. The Bertz CT molecular complexity index is 962. The summed E-state index contributed by atoms with van der Waals surface area (Å²) in [5, 5.41) is 11.7. The number of carbonyl (C=O) groups excluding carboxylic acids is 1. The zero-order valence-electron chi connectivity index (χ0n) is 16.3. The number of hydrogen-bond donors (Lipinski definition) is 1. The highest BCUT2D eigenvalue weighted by Crippen LogP contribution is 2.60. The van der Waals surface area contributed by atoms with Gasteiger partial charge in [-0.15, -0.1) is 0 Å². The van der Waals surface area contributed by atoms with E-state index in [1.807, 2.05) is 70.2 Å². The molecule has 1 aliphatic carbocycles. The quantitative estimate of drug-likeness (QED) is 0.513. The lowest BCUT2D eigenvalue weighted by Crippen LogP contribution is -2.16. The molecule has 0 saturated heterocycles. The zero-order chi connectivity index (χ0) is 20.5. The van der Waals surface area contributed by atoms with E-state index in [1.165, 1.54) is 0 Å². The summed E-state index contributed by atoms with van der Waals surface area (Å²) in [5.41, 5.74) is 4.19. The van der Waals surface area contributed by atoms with Crippen LogP contribution >= 0.6 is 23.2 Å². The second kappa shape index (κ2) is 8.06. The summed E-state index contributed by atoms with van der Waals surface area (Å²) >= 11 is 11.5. The molecule has 4 nitrogen and oxygen atoms in total. The summed E-state index contributed by atoms with van der Waals surface area (Å²) in [5.74, 6) is -0.143. The SMILES string of the molecule is Cc1ccccc1N=Nc1ccc(NC(=O)[C@@H]2[C@@H](C=C(Cl)Cl)C2(C)C)cc1C. The Kier molecular flexibility index (Phi) is 5.92. The second-order valence-electron chi connectivity index (χ2n) is 7.76. The molecule has 0 aromatic heterocycles. The molecule has 146 valence electrons. The maximum Gasteiger partial charge on any atom is 0.228 e. The lowest BCUT2D eigenvalue weighted by molar-refractivity contribution is -0.118. The van der Waals surface area contributed by atoms with E-state index in [2.05, 4.69) is 15.5 Å². The van der Waals surface area contributed by atoms with E-state index in [4.69, 9.17) is 23.2 Å². The van der Waals surface area contributed by atoms with E-state index in [1.54, 1.807) is 6.08 Å². The molecule has 2 aromatic carbocycles. The highest BCUT2D eigenvalue weighted by Gasteiger charge is 2.60. The predicted octanol–water partition coefficient (Wildman–Crippen LogP) is 7.25. The molecular formula is C22H23Cl2N3O. The Morgan fingerprint density at radius 3 is 2.29 bits per heavy atom. The number of allylic oxidation sites excluding steroid dienone is 1. The van der Waals surface area contributed by atoms with Crippen molar-refractivity contribution in [3.8, 4) is 0 Å². The molecule has 3 rings (SSSR count). The van der Waals surface area contributed by atoms with E-state index >= 15 is 0 Å². The molecule has 28 heavy (non-hydrogen) atoms. The smallest absolute Gasteiger partial charge is 0.228 e. The first kappa shape index (κ1) is 20.6. The van der Waals surface area contributed by atoms with E-state index in [0.717, 1.165) is 28.2 Å². The van der Waals surface area contributed by atoms with Gasteiger partial charge < -0.3 is 5.32 Å². The van der Waals surface area contributed by atoms with Gasteiger partial charge in [0.05, 0.1) is 17.3 Å². The van der Waals surface area contributed by atoms with Gasteiger partial charge in [-0.3, -0.25) is 4.79 Å². The minimum Gasteiger partial charge on any atom is -0.326 e. The summed E-state index contributed by atoms with van der Waals surface area (Å²) < 4.78 is 0.201. The third-order valence-electron chi connectivity index (χ3n) is 5.34. The van der Waals surface area contributed by atoms with Crippen molar-refractivity contribution in [2.75, 3.05) is 5.32 Å². The lowest BCUT2D eigenvalue weighted by atomic mass is 10.1. The second-order valence-corrected chi connectivity index (χ2v) is 8.77. The van der Waals surface area contributed by atoms with Crippen LogP contribution in [-0.4, -0.2) is 5.91 Å². The maximum atomic E-state index is 12.7. The molecule has 1 fully saturated rings. The van der Waals surface area contributed by atoms with Crippen LogP contribution in [0.2, 0.25) is 0 Å². The van der Waals surface area contributed by atoms with Crippen LogP contribution in [0.25, 0.3) is 0 Å². The molecule has 0 unspecified atom stereocenters. The summed E-state index contributed by atoms with van der Waals surface area (Å²) in [4.78, 5) is 12.7. The first-order valence-electron chi connectivity index (χ1n) is 9.12. The van der Waals surface area contributed by atoms with Gasteiger partial charge in [0.2, 0.25) is 5.91 Å². The number of amides is 1. The van der Waals surface area contributed by atoms with Gasteiger partial charge in [-0.25, -0.2) is 0 Å². The monoisotopic (exact) mass is 415 g/mol. The Morgan fingerprint density at radius 2 is 1.68 bits per heavy atom. The van der Waals surface area contributed by atoms with Gasteiger partial charge in [-0.05, 0) is 66.6 Å². The summed E-state index contributed by atoms with van der Waals surface area (Å²) in [7, 11) is 0. The van der Waals surface area contributed by atoms with Gasteiger partial charge >= 0.3 is 0 Å². The summed E-state index contributed by atoms with van der Waals surface area (Å²) in [6.45, 7) is 8.02. The molecule has 2 atom stereocenters. The topological polar surface area (TPSA) is 53.8 Å². The van der Waals surface area contributed by atoms with Crippen molar-refractivity contribution in [2.24, 2.45) is 27.5 Å². The van der Waals surface area contributed by atoms with Gasteiger partial charge in [0.15, 0.2) is 0 Å². The van der Waals surface area contributed by atoms with Crippen LogP contribution in [0.4, 0.5) is 17.1 Å². The third kappa shape index (κ3) is 4.45. The van der Waals surface area contributed by atoms with Gasteiger partial charge in [0, 0.05) is 5.69 Å². The number of benzene rings is 2. The predicted molar refractivity (Wildman–Crippen MR) is 116 cm³/mol. The fourth-order valence-corrected chi connectivity index (χ4v) is 3.75. The number of anilines is 1. The minimum atomic E-state index is -0.157. The van der Waals surface area contributed by atoms with Crippen LogP contribution in [0.15, 0.2) is 63.3 Å². The summed E-state index contributed by atoms with van der Waals surface area (Å²) in [6, 6.07) is 13.4. The first-order valence-corrected chi connectivity index (χ1v) is 9.87. The third-order valence-corrected chi connectivity index (χ3v) is 5.60. The molecule has 1 aliphatic rings. The highest BCUT2D eigenvalue weighted by molar-refractivity contribution is 6.55. The number of hydrogen-bond acceptors (Lipinski definition) is 3. The fourth-order valence-electron chi connectivity index (χ4n) is 3.47. The molecule has 0 bridgehead atoms. The molecule has 0 radical (unpaired) electrons. The standard InChI is InChI=1S/C22H23Cl2N3O/c1-13-7-5-6-8-17(13)26-27-18-10-9-15(11-14(18)2)25-21(28)20-16(12-19(23)24)22(20,3)4/h5-12,16,20H,1-4H3,(H,25,28)/t16-,20+/m1/s1. The molecule has 1 amide bonds. The van der Waals surface area contributed by atoms with E-state index < -0.39 is 0 Å². The zero-order valence-corrected chi connectivity index (χ0v) is 17.8.